The van der Waals surface area contributed by atoms with Gasteiger partial charge in [-0.3, -0.25) is 0 Å². The van der Waals surface area contributed by atoms with E-state index in [1.165, 1.54) is 38.0 Å². The molecule has 0 aliphatic carbocycles. The van der Waals surface area contributed by atoms with Crippen LogP contribution in [-0.2, 0) is 6.54 Å². The van der Waals surface area contributed by atoms with Crippen molar-refractivity contribution in [2.24, 2.45) is 5.92 Å². The molecule has 0 amide bonds. The maximum Gasteiger partial charge on any atom is 0.0947 e. The third kappa shape index (κ3) is 3.36. The lowest BCUT2D eigenvalue weighted by atomic mass is 9.97. The van der Waals surface area contributed by atoms with Gasteiger partial charge in [0.05, 0.1) is 12.5 Å². The van der Waals surface area contributed by atoms with Crippen molar-refractivity contribution in [2.75, 3.05) is 26.7 Å². The monoisotopic (exact) mass is 208 g/mol. The van der Waals surface area contributed by atoms with E-state index in [1.54, 1.807) is 6.26 Å². The van der Waals surface area contributed by atoms with Gasteiger partial charge in [0.25, 0.3) is 0 Å². The molecule has 2 rings (SSSR count). The molecule has 1 N–H and O–H groups in total. The molecule has 0 atom stereocenters. The third-order valence-corrected chi connectivity index (χ3v) is 3.06. The highest BCUT2D eigenvalue weighted by Crippen LogP contribution is 2.14. The van der Waals surface area contributed by atoms with E-state index in [4.69, 9.17) is 4.42 Å². The van der Waals surface area contributed by atoms with Crippen LogP contribution in [0.2, 0.25) is 0 Å². The maximum absolute atomic E-state index is 5.07. The fourth-order valence-electron chi connectivity index (χ4n) is 2.26. The van der Waals surface area contributed by atoms with Crippen molar-refractivity contribution < 1.29 is 4.42 Å². The minimum Gasteiger partial charge on any atom is -0.472 e. The highest BCUT2D eigenvalue weighted by atomic mass is 16.3. The molecule has 2 heterocycles. The van der Waals surface area contributed by atoms with Gasteiger partial charge < -0.3 is 14.6 Å². The molecule has 1 fully saturated rings. The van der Waals surface area contributed by atoms with E-state index in [-0.39, 0.29) is 0 Å². The van der Waals surface area contributed by atoms with Crippen molar-refractivity contribution in [2.45, 2.75) is 19.4 Å². The van der Waals surface area contributed by atoms with Gasteiger partial charge in [-0.15, -0.1) is 0 Å². The highest BCUT2D eigenvalue weighted by molar-refractivity contribution is 5.04. The van der Waals surface area contributed by atoms with Crippen molar-refractivity contribution in [1.29, 1.82) is 0 Å². The number of nitrogens with zero attached hydrogens (tertiary/aromatic N) is 1. The number of rotatable bonds is 4. The second kappa shape index (κ2) is 5.33. The summed E-state index contributed by atoms with van der Waals surface area (Å²) in [5.74, 6) is 0.864. The van der Waals surface area contributed by atoms with Gasteiger partial charge in [-0.2, -0.15) is 0 Å². The van der Waals surface area contributed by atoms with E-state index in [0.717, 1.165) is 12.5 Å². The largest absolute Gasteiger partial charge is 0.472 e. The zero-order chi connectivity index (χ0) is 10.5. The Morgan fingerprint density at radius 2 is 2.27 bits per heavy atom. The van der Waals surface area contributed by atoms with Crippen molar-refractivity contribution in [1.82, 2.24) is 10.2 Å². The summed E-state index contributed by atoms with van der Waals surface area (Å²) in [6.45, 7) is 4.57. The molecular weight excluding hydrogens is 188 g/mol. The Morgan fingerprint density at radius 1 is 1.47 bits per heavy atom. The van der Waals surface area contributed by atoms with Crippen LogP contribution in [-0.4, -0.2) is 31.6 Å². The standard InChI is InChI=1S/C12H20N2O/c1-14(9-12-4-7-15-10-12)8-11-2-5-13-6-3-11/h4,7,10-11,13H,2-3,5-6,8-9H2,1H3. The smallest absolute Gasteiger partial charge is 0.0947 e. The summed E-state index contributed by atoms with van der Waals surface area (Å²) in [7, 11) is 2.19. The highest BCUT2D eigenvalue weighted by Gasteiger charge is 2.15. The van der Waals surface area contributed by atoms with Gasteiger partial charge >= 0.3 is 0 Å². The van der Waals surface area contributed by atoms with E-state index in [0.29, 0.717) is 0 Å². The van der Waals surface area contributed by atoms with Crippen LogP contribution >= 0.6 is 0 Å². The van der Waals surface area contributed by atoms with Crippen LogP contribution in [0.25, 0.3) is 0 Å². The van der Waals surface area contributed by atoms with Crippen molar-refractivity contribution in [3.05, 3.63) is 24.2 Å². The summed E-state index contributed by atoms with van der Waals surface area (Å²) in [5, 5.41) is 3.40. The van der Waals surface area contributed by atoms with E-state index < -0.39 is 0 Å². The third-order valence-electron chi connectivity index (χ3n) is 3.06. The first-order valence-corrected chi connectivity index (χ1v) is 5.75. The SMILES string of the molecule is CN(Cc1ccoc1)CC1CCNCC1. The summed E-state index contributed by atoms with van der Waals surface area (Å²) in [4.78, 5) is 2.39. The Balaban J connectivity index is 1.74. The minimum atomic E-state index is 0.864. The lowest BCUT2D eigenvalue weighted by Gasteiger charge is -2.27. The Morgan fingerprint density at radius 3 is 2.93 bits per heavy atom. The molecule has 0 radical (unpaired) electrons. The molecule has 0 aromatic carbocycles. The normalized spacial score (nSPS) is 18.5. The first kappa shape index (κ1) is 10.7. The molecule has 0 spiro atoms. The first-order valence-electron chi connectivity index (χ1n) is 5.75. The summed E-state index contributed by atoms with van der Waals surface area (Å²) < 4.78 is 5.07. The predicted octanol–water partition coefficient (Wildman–Crippen LogP) is 1.71. The Labute approximate surface area is 91.4 Å². The zero-order valence-electron chi connectivity index (χ0n) is 9.41. The molecule has 0 saturated carbocycles. The summed E-state index contributed by atoms with van der Waals surface area (Å²) in [5.41, 5.74) is 1.27. The molecule has 3 heteroatoms. The first-order chi connectivity index (χ1) is 7.34. The zero-order valence-corrected chi connectivity index (χ0v) is 9.41. The van der Waals surface area contributed by atoms with E-state index in [1.807, 2.05) is 12.3 Å². The number of furan rings is 1. The fourth-order valence-corrected chi connectivity index (χ4v) is 2.26. The molecule has 1 aromatic heterocycles. The van der Waals surface area contributed by atoms with Gasteiger partial charge in [0.15, 0.2) is 0 Å². The number of nitrogens with one attached hydrogen (secondary N) is 1. The van der Waals surface area contributed by atoms with E-state index in [9.17, 15) is 0 Å². The lowest BCUT2D eigenvalue weighted by Crippen LogP contribution is -2.34. The van der Waals surface area contributed by atoms with Gasteiger partial charge in [-0.1, -0.05) is 0 Å². The molecule has 3 nitrogen and oxygen atoms in total. The molecule has 0 unspecified atom stereocenters. The van der Waals surface area contributed by atoms with E-state index in [2.05, 4.69) is 17.3 Å². The molecule has 0 bridgehead atoms. The summed E-state index contributed by atoms with van der Waals surface area (Å²) >= 11 is 0. The minimum absolute atomic E-state index is 0.864. The molecule has 1 aromatic rings. The van der Waals surface area contributed by atoms with Gasteiger partial charge in [0.2, 0.25) is 0 Å². The number of piperidine rings is 1. The van der Waals surface area contributed by atoms with Crippen LogP contribution in [0.1, 0.15) is 18.4 Å². The Kier molecular flexibility index (Phi) is 3.80. The van der Waals surface area contributed by atoms with Crippen molar-refractivity contribution in [3.8, 4) is 0 Å². The maximum atomic E-state index is 5.07. The molecule has 1 aliphatic rings. The van der Waals surface area contributed by atoms with Crippen LogP contribution in [0.3, 0.4) is 0 Å². The van der Waals surface area contributed by atoms with Crippen LogP contribution in [0, 0.1) is 5.92 Å². The van der Waals surface area contributed by atoms with Gasteiger partial charge in [-0.25, -0.2) is 0 Å². The van der Waals surface area contributed by atoms with Crippen molar-refractivity contribution in [3.63, 3.8) is 0 Å². The average molecular weight is 208 g/mol. The van der Waals surface area contributed by atoms with Gasteiger partial charge in [-0.05, 0) is 45.0 Å². The molecule has 1 aliphatic heterocycles. The second-order valence-electron chi connectivity index (χ2n) is 4.52. The Hall–Kier alpha value is -0.800. The van der Waals surface area contributed by atoms with Gasteiger partial charge in [0.1, 0.15) is 0 Å². The predicted molar refractivity (Wildman–Crippen MR) is 60.6 cm³/mol. The number of hydrogen-bond acceptors (Lipinski definition) is 3. The van der Waals surface area contributed by atoms with Crippen LogP contribution < -0.4 is 5.32 Å². The van der Waals surface area contributed by atoms with Crippen molar-refractivity contribution >= 4 is 0 Å². The summed E-state index contributed by atoms with van der Waals surface area (Å²) in [6.07, 6.45) is 6.21. The molecular formula is C12H20N2O. The molecule has 1 saturated heterocycles. The van der Waals surface area contributed by atoms with Crippen LogP contribution in [0.15, 0.2) is 23.0 Å². The van der Waals surface area contributed by atoms with Gasteiger partial charge in [0, 0.05) is 18.7 Å². The Bertz CT molecular complexity index is 265. The average Bonchev–Trinajstić information content (AvgIpc) is 2.71. The lowest BCUT2D eigenvalue weighted by molar-refractivity contribution is 0.234. The quantitative estimate of drug-likeness (QED) is 0.816. The van der Waals surface area contributed by atoms with E-state index >= 15 is 0 Å². The topological polar surface area (TPSA) is 28.4 Å². The second-order valence-corrected chi connectivity index (χ2v) is 4.52. The van der Waals surface area contributed by atoms with Crippen LogP contribution in [0.4, 0.5) is 0 Å². The summed E-state index contributed by atoms with van der Waals surface area (Å²) in [6, 6.07) is 2.04. The number of hydrogen-bond donors (Lipinski definition) is 1. The fraction of sp³-hybridized carbons (Fsp3) is 0.667. The van der Waals surface area contributed by atoms with Crippen LogP contribution in [0.5, 0.6) is 0 Å². The molecule has 15 heavy (non-hydrogen) atoms. The molecule has 84 valence electrons.